The summed E-state index contributed by atoms with van der Waals surface area (Å²) in [6.45, 7) is 0. The van der Waals surface area contributed by atoms with E-state index in [-0.39, 0.29) is 12.5 Å². The second-order valence-electron chi connectivity index (χ2n) is 4.53. The van der Waals surface area contributed by atoms with Gasteiger partial charge < -0.3 is 10.8 Å². The summed E-state index contributed by atoms with van der Waals surface area (Å²) in [7, 11) is 0. The molecule has 0 radical (unpaired) electrons. The van der Waals surface area contributed by atoms with Gasteiger partial charge in [-0.15, -0.1) is 0 Å². The maximum Gasteiger partial charge on any atom is 0.303 e. The first-order chi connectivity index (χ1) is 9.16. The molecular formula is C16H17NO2. The molecule has 0 spiro atoms. The lowest BCUT2D eigenvalue weighted by atomic mass is 9.97. The van der Waals surface area contributed by atoms with Gasteiger partial charge in [0, 0.05) is 12.5 Å². The monoisotopic (exact) mass is 255 g/mol. The Morgan fingerprint density at radius 2 is 1.74 bits per heavy atom. The van der Waals surface area contributed by atoms with E-state index in [9.17, 15) is 4.79 Å². The maximum atomic E-state index is 10.6. The number of carboxylic acid groups (broad SMARTS) is 1. The summed E-state index contributed by atoms with van der Waals surface area (Å²) in [5, 5.41) is 8.69. The number of aliphatic carboxylic acids is 1. The highest BCUT2D eigenvalue weighted by atomic mass is 16.4. The smallest absolute Gasteiger partial charge is 0.303 e. The van der Waals surface area contributed by atoms with Gasteiger partial charge >= 0.3 is 5.97 Å². The van der Waals surface area contributed by atoms with Gasteiger partial charge in [0.05, 0.1) is 0 Å². The number of carboxylic acids is 1. The number of hydrogen-bond donors (Lipinski definition) is 2. The first-order valence-corrected chi connectivity index (χ1v) is 6.29. The van der Waals surface area contributed by atoms with Crippen molar-refractivity contribution in [2.45, 2.75) is 18.9 Å². The molecule has 98 valence electrons. The maximum absolute atomic E-state index is 10.6. The van der Waals surface area contributed by atoms with Crippen LogP contribution in [0.5, 0.6) is 0 Å². The van der Waals surface area contributed by atoms with Crippen LogP contribution in [-0.2, 0) is 4.79 Å². The topological polar surface area (TPSA) is 63.3 Å². The van der Waals surface area contributed by atoms with Gasteiger partial charge in [0.25, 0.3) is 0 Å². The molecule has 0 bridgehead atoms. The van der Waals surface area contributed by atoms with Gasteiger partial charge in [0.2, 0.25) is 0 Å². The molecular weight excluding hydrogens is 238 g/mol. The van der Waals surface area contributed by atoms with E-state index in [4.69, 9.17) is 10.8 Å². The van der Waals surface area contributed by atoms with Gasteiger partial charge in [-0.3, -0.25) is 4.79 Å². The standard InChI is InChI=1S/C16H17NO2/c17-15(9-10-16(18)19)14-8-4-7-13(11-14)12-5-2-1-3-6-12/h1-8,11,15H,9-10,17H2,(H,18,19). The first kappa shape index (κ1) is 13.3. The van der Waals surface area contributed by atoms with Gasteiger partial charge in [0.1, 0.15) is 0 Å². The van der Waals surface area contributed by atoms with Crippen LogP contribution in [0, 0.1) is 0 Å². The average molecular weight is 255 g/mol. The fourth-order valence-electron chi connectivity index (χ4n) is 2.03. The fourth-order valence-corrected chi connectivity index (χ4v) is 2.03. The first-order valence-electron chi connectivity index (χ1n) is 6.29. The molecule has 0 saturated heterocycles. The van der Waals surface area contributed by atoms with Crippen molar-refractivity contribution in [3.05, 3.63) is 60.2 Å². The van der Waals surface area contributed by atoms with Gasteiger partial charge in [-0.2, -0.15) is 0 Å². The van der Waals surface area contributed by atoms with E-state index in [1.165, 1.54) is 0 Å². The molecule has 0 aliphatic heterocycles. The summed E-state index contributed by atoms with van der Waals surface area (Å²) >= 11 is 0. The lowest BCUT2D eigenvalue weighted by molar-refractivity contribution is -0.137. The molecule has 0 aliphatic rings. The molecule has 0 aromatic heterocycles. The van der Waals surface area contributed by atoms with E-state index in [1.54, 1.807) is 0 Å². The van der Waals surface area contributed by atoms with Gasteiger partial charge in [-0.05, 0) is 29.2 Å². The van der Waals surface area contributed by atoms with Crippen molar-refractivity contribution >= 4 is 5.97 Å². The van der Waals surface area contributed by atoms with Crippen LogP contribution in [0.4, 0.5) is 0 Å². The van der Waals surface area contributed by atoms with Crippen LogP contribution < -0.4 is 5.73 Å². The zero-order chi connectivity index (χ0) is 13.7. The van der Waals surface area contributed by atoms with Crippen molar-refractivity contribution < 1.29 is 9.90 Å². The molecule has 3 nitrogen and oxygen atoms in total. The number of hydrogen-bond acceptors (Lipinski definition) is 2. The molecule has 3 heteroatoms. The van der Waals surface area contributed by atoms with Gasteiger partial charge in [0.15, 0.2) is 0 Å². The third-order valence-corrected chi connectivity index (χ3v) is 3.09. The van der Waals surface area contributed by atoms with Crippen LogP contribution in [0.25, 0.3) is 11.1 Å². The Labute approximate surface area is 112 Å². The normalized spacial score (nSPS) is 12.1. The minimum absolute atomic E-state index is 0.0940. The van der Waals surface area contributed by atoms with Crippen molar-refractivity contribution in [3.63, 3.8) is 0 Å². The molecule has 0 fully saturated rings. The van der Waals surface area contributed by atoms with E-state index in [0.717, 1.165) is 16.7 Å². The van der Waals surface area contributed by atoms with Gasteiger partial charge in [-0.1, -0.05) is 48.5 Å². The third kappa shape index (κ3) is 3.66. The summed E-state index contributed by atoms with van der Waals surface area (Å²) in [4.78, 5) is 10.6. The van der Waals surface area contributed by atoms with Crippen molar-refractivity contribution in [2.75, 3.05) is 0 Å². The number of rotatable bonds is 5. The Morgan fingerprint density at radius 3 is 2.42 bits per heavy atom. The van der Waals surface area contributed by atoms with Crippen LogP contribution in [0.3, 0.4) is 0 Å². The van der Waals surface area contributed by atoms with E-state index in [1.807, 2.05) is 54.6 Å². The third-order valence-electron chi connectivity index (χ3n) is 3.09. The van der Waals surface area contributed by atoms with Crippen molar-refractivity contribution in [1.29, 1.82) is 0 Å². The molecule has 2 aromatic rings. The summed E-state index contributed by atoms with van der Waals surface area (Å²) in [6.07, 6.45) is 0.546. The molecule has 0 amide bonds. The number of benzene rings is 2. The van der Waals surface area contributed by atoms with Gasteiger partial charge in [-0.25, -0.2) is 0 Å². The quantitative estimate of drug-likeness (QED) is 0.862. The molecule has 1 atom stereocenters. The fraction of sp³-hybridized carbons (Fsp3) is 0.188. The Hall–Kier alpha value is -2.13. The predicted molar refractivity (Wildman–Crippen MR) is 75.7 cm³/mol. The van der Waals surface area contributed by atoms with E-state index in [0.29, 0.717) is 6.42 Å². The summed E-state index contributed by atoms with van der Waals surface area (Å²) in [5.74, 6) is -0.810. The minimum Gasteiger partial charge on any atom is -0.481 e. The van der Waals surface area contributed by atoms with Crippen LogP contribution in [0.2, 0.25) is 0 Å². The van der Waals surface area contributed by atoms with Crippen molar-refractivity contribution in [3.8, 4) is 11.1 Å². The molecule has 2 aromatic carbocycles. The Kier molecular flexibility index (Phi) is 4.31. The van der Waals surface area contributed by atoms with Crippen LogP contribution in [0.15, 0.2) is 54.6 Å². The largest absolute Gasteiger partial charge is 0.481 e. The summed E-state index contributed by atoms with van der Waals surface area (Å²) < 4.78 is 0. The lowest BCUT2D eigenvalue weighted by Gasteiger charge is -2.12. The Morgan fingerprint density at radius 1 is 1.05 bits per heavy atom. The zero-order valence-electron chi connectivity index (χ0n) is 10.6. The van der Waals surface area contributed by atoms with Crippen molar-refractivity contribution in [1.82, 2.24) is 0 Å². The van der Waals surface area contributed by atoms with E-state index in [2.05, 4.69) is 0 Å². The molecule has 0 aliphatic carbocycles. The highest BCUT2D eigenvalue weighted by Crippen LogP contribution is 2.24. The molecule has 19 heavy (non-hydrogen) atoms. The second-order valence-corrected chi connectivity index (χ2v) is 4.53. The second kappa shape index (κ2) is 6.16. The Bertz CT molecular complexity index is 552. The number of nitrogens with two attached hydrogens (primary N) is 1. The molecule has 3 N–H and O–H groups in total. The summed E-state index contributed by atoms with van der Waals surface area (Å²) in [6, 6.07) is 17.8. The zero-order valence-corrected chi connectivity index (χ0v) is 10.6. The lowest BCUT2D eigenvalue weighted by Crippen LogP contribution is -2.12. The SMILES string of the molecule is NC(CCC(=O)O)c1cccc(-c2ccccc2)c1. The molecule has 1 unspecified atom stereocenters. The van der Waals surface area contributed by atoms with Crippen LogP contribution >= 0.6 is 0 Å². The van der Waals surface area contributed by atoms with Crippen molar-refractivity contribution in [2.24, 2.45) is 5.73 Å². The molecule has 2 rings (SSSR count). The Balaban J connectivity index is 2.17. The highest BCUT2D eigenvalue weighted by molar-refractivity contribution is 5.67. The van der Waals surface area contributed by atoms with E-state index >= 15 is 0 Å². The highest BCUT2D eigenvalue weighted by Gasteiger charge is 2.09. The van der Waals surface area contributed by atoms with Crippen LogP contribution in [-0.4, -0.2) is 11.1 Å². The summed E-state index contributed by atoms with van der Waals surface area (Å²) in [5.41, 5.74) is 9.24. The van der Waals surface area contributed by atoms with E-state index < -0.39 is 5.97 Å². The van der Waals surface area contributed by atoms with Crippen LogP contribution in [0.1, 0.15) is 24.4 Å². The molecule has 0 saturated carbocycles. The predicted octanol–water partition coefficient (Wildman–Crippen LogP) is 3.22. The number of carbonyl (C=O) groups is 1. The molecule has 0 heterocycles. The minimum atomic E-state index is -0.810. The average Bonchev–Trinajstić information content (AvgIpc) is 2.46.